The first-order valence-electron chi connectivity index (χ1n) is 10.2. The summed E-state index contributed by atoms with van der Waals surface area (Å²) >= 11 is 5.89. The Morgan fingerprint density at radius 3 is 2.97 bits per heavy atom. The highest BCUT2D eigenvalue weighted by Gasteiger charge is 2.49. The van der Waals surface area contributed by atoms with Gasteiger partial charge in [-0.05, 0) is 31.7 Å². The van der Waals surface area contributed by atoms with Crippen LogP contribution in [0.1, 0.15) is 32.6 Å². The highest BCUT2D eigenvalue weighted by molar-refractivity contribution is 6.30. The summed E-state index contributed by atoms with van der Waals surface area (Å²) in [5.74, 6) is 0.476. The summed E-state index contributed by atoms with van der Waals surface area (Å²) in [6.45, 7) is 5.48. The smallest absolute Gasteiger partial charge is 0.319 e. The van der Waals surface area contributed by atoms with Crippen LogP contribution in [0.15, 0.2) is 6.20 Å². The Morgan fingerprint density at radius 2 is 2.17 bits per heavy atom. The summed E-state index contributed by atoms with van der Waals surface area (Å²) in [6.07, 6.45) is 4.11. The fourth-order valence-corrected chi connectivity index (χ4v) is 5.22. The molecule has 0 unspecified atom stereocenters. The number of pyridine rings is 1. The topological polar surface area (TPSA) is 54.4 Å². The Kier molecular flexibility index (Phi) is 4.74. The predicted molar refractivity (Wildman–Crippen MR) is 107 cm³/mol. The van der Waals surface area contributed by atoms with E-state index < -0.39 is 12.0 Å². The molecule has 29 heavy (non-hydrogen) atoms. The van der Waals surface area contributed by atoms with E-state index >= 15 is 0 Å². The zero-order valence-electron chi connectivity index (χ0n) is 16.4. The van der Waals surface area contributed by atoms with Crippen molar-refractivity contribution in [2.75, 3.05) is 37.7 Å². The number of nitrogens with zero attached hydrogens (tertiary/aromatic N) is 5. The molecule has 2 aromatic heterocycles. The molecule has 0 N–H and O–H groups in total. The quantitative estimate of drug-likeness (QED) is 0.700. The molecule has 156 valence electrons. The van der Waals surface area contributed by atoms with E-state index in [1.165, 1.54) is 6.20 Å². The van der Waals surface area contributed by atoms with E-state index in [0.29, 0.717) is 36.7 Å². The SMILES string of the molecule is C[C@@H]1CCN(c2nc(OC[C@@]34CCCN3C[C@H](F)C4)nc3c(F)c(Cl)ncc23)C1. The van der Waals surface area contributed by atoms with Crippen LogP contribution >= 0.6 is 11.6 Å². The summed E-state index contributed by atoms with van der Waals surface area (Å²) in [5, 5.41) is 0.304. The molecule has 3 aliphatic rings. The second-order valence-corrected chi connectivity index (χ2v) is 9.02. The lowest BCUT2D eigenvalue weighted by Gasteiger charge is -2.31. The van der Waals surface area contributed by atoms with Gasteiger partial charge in [0.05, 0.1) is 10.9 Å². The largest absolute Gasteiger partial charge is 0.461 e. The van der Waals surface area contributed by atoms with Crippen molar-refractivity contribution in [3.8, 4) is 6.01 Å². The van der Waals surface area contributed by atoms with E-state index in [4.69, 9.17) is 16.3 Å². The maximum Gasteiger partial charge on any atom is 0.319 e. The van der Waals surface area contributed by atoms with Gasteiger partial charge in [0.15, 0.2) is 11.0 Å². The number of aromatic nitrogens is 3. The van der Waals surface area contributed by atoms with Gasteiger partial charge < -0.3 is 9.64 Å². The number of alkyl halides is 1. The van der Waals surface area contributed by atoms with E-state index in [1.54, 1.807) is 0 Å². The zero-order valence-corrected chi connectivity index (χ0v) is 17.1. The van der Waals surface area contributed by atoms with Crippen molar-refractivity contribution in [2.24, 2.45) is 5.92 Å². The standard InChI is InChI=1S/C20H24ClF2N5O/c1-12-3-6-27(9-12)18-14-8-24-17(21)15(23)16(14)25-19(26-18)29-11-20-4-2-5-28(20)10-13(22)7-20/h8,12-13H,2-7,9-11H2,1H3/t12-,13-,20+/m1/s1. The van der Waals surface area contributed by atoms with Gasteiger partial charge >= 0.3 is 6.01 Å². The Hall–Kier alpha value is -1.80. The fraction of sp³-hybridized carbons (Fsp3) is 0.650. The van der Waals surface area contributed by atoms with Gasteiger partial charge in [-0.2, -0.15) is 9.97 Å². The lowest BCUT2D eigenvalue weighted by molar-refractivity contribution is 0.107. The molecule has 3 aliphatic heterocycles. The van der Waals surface area contributed by atoms with Gasteiger partial charge in [-0.1, -0.05) is 18.5 Å². The van der Waals surface area contributed by atoms with Crippen LogP contribution in [0.3, 0.4) is 0 Å². The number of anilines is 1. The third kappa shape index (κ3) is 3.30. The van der Waals surface area contributed by atoms with Crippen molar-refractivity contribution in [1.82, 2.24) is 19.9 Å². The van der Waals surface area contributed by atoms with Gasteiger partial charge in [-0.15, -0.1) is 0 Å². The van der Waals surface area contributed by atoms with Crippen molar-refractivity contribution < 1.29 is 13.5 Å². The molecular formula is C20H24ClF2N5O. The molecule has 3 atom stereocenters. The molecule has 2 aromatic rings. The van der Waals surface area contributed by atoms with Crippen molar-refractivity contribution in [3.63, 3.8) is 0 Å². The minimum Gasteiger partial charge on any atom is -0.461 e. The lowest BCUT2D eigenvalue weighted by atomic mass is 9.95. The monoisotopic (exact) mass is 423 g/mol. The Labute approximate surface area is 173 Å². The number of rotatable bonds is 4. The number of halogens is 3. The van der Waals surface area contributed by atoms with E-state index in [1.807, 2.05) is 0 Å². The molecule has 9 heteroatoms. The van der Waals surface area contributed by atoms with Gasteiger partial charge in [-0.3, -0.25) is 4.90 Å². The maximum absolute atomic E-state index is 14.7. The molecule has 5 rings (SSSR count). The van der Waals surface area contributed by atoms with Gasteiger partial charge in [0, 0.05) is 32.3 Å². The molecule has 6 nitrogen and oxygen atoms in total. The molecular weight excluding hydrogens is 400 g/mol. The average Bonchev–Trinajstić information content (AvgIpc) is 3.36. The van der Waals surface area contributed by atoms with Crippen LogP contribution < -0.4 is 9.64 Å². The predicted octanol–water partition coefficient (Wildman–Crippen LogP) is 3.62. The second kappa shape index (κ2) is 7.16. The summed E-state index contributed by atoms with van der Waals surface area (Å²) in [6, 6.07) is 0.108. The van der Waals surface area contributed by atoms with Gasteiger partial charge in [0.25, 0.3) is 0 Å². The Balaban J connectivity index is 1.50. The minimum atomic E-state index is -0.833. The molecule has 0 aromatic carbocycles. The van der Waals surface area contributed by atoms with Crippen LogP contribution in [0, 0.1) is 11.7 Å². The highest BCUT2D eigenvalue weighted by Crippen LogP contribution is 2.40. The highest BCUT2D eigenvalue weighted by atomic mass is 35.5. The molecule has 0 saturated carbocycles. The van der Waals surface area contributed by atoms with Gasteiger partial charge in [0.2, 0.25) is 0 Å². The summed E-state index contributed by atoms with van der Waals surface area (Å²) < 4.78 is 34.7. The van der Waals surface area contributed by atoms with Crippen LogP contribution in [-0.4, -0.2) is 64.3 Å². The van der Waals surface area contributed by atoms with Crippen LogP contribution in [0.5, 0.6) is 6.01 Å². The second-order valence-electron chi connectivity index (χ2n) is 8.66. The van der Waals surface area contributed by atoms with Crippen LogP contribution in [0.4, 0.5) is 14.6 Å². The first-order chi connectivity index (χ1) is 13.9. The summed E-state index contributed by atoms with van der Waals surface area (Å²) in [7, 11) is 0. The number of ether oxygens (including phenoxy) is 1. The maximum atomic E-state index is 14.7. The van der Waals surface area contributed by atoms with Crippen molar-refractivity contribution >= 4 is 28.3 Å². The molecule has 0 amide bonds. The first kappa shape index (κ1) is 19.2. The van der Waals surface area contributed by atoms with E-state index in [9.17, 15) is 8.78 Å². The van der Waals surface area contributed by atoms with Crippen LogP contribution in [0.25, 0.3) is 10.9 Å². The van der Waals surface area contributed by atoms with Gasteiger partial charge in [0.1, 0.15) is 24.1 Å². The lowest BCUT2D eigenvalue weighted by Crippen LogP contribution is -2.43. The minimum absolute atomic E-state index is 0.108. The molecule has 5 heterocycles. The van der Waals surface area contributed by atoms with E-state index in [0.717, 1.165) is 38.9 Å². The van der Waals surface area contributed by atoms with E-state index in [2.05, 4.69) is 31.7 Å². The molecule has 0 bridgehead atoms. The van der Waals surface area contributed by atoms with Gasteiger partial charge in [-0.25, -0.2) is 13.8 Å². The average molecular weight is 424 g/mol. The van der Waals surface area contributed by atoms with Crippen molar-refractivity contribution in [1.29, 1.82) is 0 Å². The van der Waals surface area contributed by atoms with E-state index in [-0.39, 0.29) is 22.2 Å². The molecule has 0 radical (unpaired) electrons. The Bertz CT molecular complexity index is 947. The third-order valence-corrected chi connectivity index (χ3v) is 6.82. The Morgan fingerprint density at radius 1 is 1.31 bits per heavy atom. The molecule has 0 aliphatic carbocycles. The fourth-order valence-electron chi connectivity index (χ4n) is 5.08. The van der Waals surface area contributed by atoms with Crippen molar-refractivity contribution in [3.05, 3.63) is 17.2 Å². The normalized spacial score (nSPS) is 29.7. The summed E-state index contributed by atoms with van der Waals surface area (Å²) in [5.41, 5.74) is -0.200. The van der Waals surface area contributed by atoms with Crippen molar-refractivity contribution in [2.45, 2.75) is 44.3 Å². The number of hydrogen-bond acceptors (Lipinski definition) is 6. The van der Waals surface area contributed by atoms with Crippen LogP contribution in [-0.2, 0) is 0 Å². The first-order valence-corrected chi connectivity index (χ1v) is 10.6. The third-order valence-electron chi connectivity index (χ3n) is 6.56. The molecule has 3 saturated heterocycles. The molecule has 0 spiro atoms. The zero-order chi connectivity index (χ0) is 20.2. The number of hydrogen-bond donors (Lipinski definition) is 0. The summed E-state index contributed by atoms with van der Waals surface area (Å²) in [4.78, 5) is 17.1. The van der Waals surface area contributed by atoms with Crippen LogP contribution in [0.2, 0.25) is 5.15 Å². The molecule has 3 fully saturated rings. The number of fused-ring (bicyclic) bond motifs is 2.